The Balaban J connectivity index is 1.21. The van der Waals surface area contributed by atoms with Crippen LogP contribution in [-0.4, -0.2) is 0 Å². The molecule has 0 bridgehead atoms. The van der Waals surface area contributed by atoms with E-state index in [4.69, 9.17) is 0 Å². The molecule has 0 N–H and O–H groups in total. The number of rotatable bonds is 5. The molecular formula is C56H45N. The van der Waals surface area contributed by atoms with E-state index in [2.05, 4.69) is 222 Å². The van der Waals surface area contributed by atoms with Crippen molar-refractivity contribution in [2.75, 3.05) is 4.90 Å². The molecule has 274 valence electrons. The molecule has 11 rings (SSSR count). The zero-order valence-electron chi connectivity index (χ0n) is 33.3. The fraction of sp³-hybridized carbons (Fsp3) is 0.143. The lowest BCUT2D eigenvalue weighted by Crippen LogP contribution is -2.22. The number of fused-ring (bicyclic) bond motifs is 9. The van der Waals surface area contributed by atoms with Gasteiger partial charge in [-0.05, 0) is 104 Å². The number of benzene rings is 8. The quantitative estimate of drug-likeness (QED) is 0.170. The summed E-state index contributed by atoms with van der Waals surface area (Å²) in [4.78, 5) is 2.58. The van der Waals surface area contributed by atoms with Crippen LogP contribution in [0, 0.1) is 0 Å². The maximum Gasteiger partial charge on any atom is 0.0543 e. The lowest BCUT2D eigenvalue weighted by Gasteiger charge is -2.33. The third-order valence-electron chi connectivity index (χ3n) is 13.7. The van der Waals surface area contributed by atoms with Crippen molar-refractivity contribution in [1.29, 1.82) is 0 Å². The Morgan fingerprint density at radius 3 is 1.56 bits per heavy atom. The van der Waals surface area contributed by atoms with Crippen LogP contribution in [0.25, 0.3) is 44.5 Å². The summed E-state index contributed by atoms with van der Waals surface area (Å²) in [5, 5.41) is 0. The van der Waals surface area contributed by atoms with E-state index in [-0.39, 0.29) is 16.2 Å². The van der Waals surface area contributed by atoms with Crippen LogP contribution in [0.15, 0.2) is 182 Å². The molecule has 0 heterocycles. The molecule has 1 nitrogen and oxygen atoms in total. The number of hydrogen-bond acceptors (Lipinski definition) is 1. The first-order chi connectivity index (χ1) is 27.7. The van der Waals surface area contributed by atoms with Gasteiger partial charge >= 0.3 is 0 Å². The van der Waals surface area contributed by atoms with Gasteiger partial charge in [-0.3, -0.25) is 0 Å². The van der Waals surface area contributed by atoms with E-state index in [1.54, 1.807) is 0 Å². The summed E-state index contributed by atoms with van der Waals surface area (Å²) in [6.07, 6.45) is 0. The van der Waals surface area contributed by atoms with Crippen LogP contribution in [-0.2, 0) is 16.2 Å². The van der Waals surface area contributed by atoms with Gasteiger partial charge in [-0.2, -0.15) is 0 Å². The second kappa shape index (κ2) is 12.0. The number of hydrogen-bond donors (Lipinski definition) is 0. The van der Waals surface area contributed by atoms with E-state index in [1.165, 1.54) is 94.8 Å². The van der Waals surface area contributed by atoms with Crippen molar-refractivity contribution in [3.63, 3.8) is 0 Å². The molecule has 1 unspecified atom stereocenters. The topological polar surface area (TPSA) is 3.24 Å². The minimum Gasteiger partial charge on any atom is -0.309 e. The fourth-order valence-electron chi connectivity index (χ4n) is 11.0. The van der Waals surface area contributed by atoms with Gasteiger partial charge < -0.3 is 4.90 Å². The molecule has 0 saturated carbocycles. The third kappa shape index (κ3) is 4.57. The van der Waals surface area contributed by atoms with Gasteiger partial charge in [0.05, 0.1) is 11.4 Å². The van der Waals surface area contributed by atoms with Crippen molar-refractivity contribution < 1.29 is 0 Å². The average Bonchev–Trinajstić information content (AvgIpc) is 3.76. The Morgan fingerprint density at radius 1 is 0.333 bits per heavy atom. The van der Waals surface area contributed by atoms with Crippen LogP contribution in [0.3, 0.4) is 0 Å². The van der Waals surface area contributed by atoms with Crippen molar-refractivity contribution >= 4 is 17.1 Å². The minimum absolute atomic E-state index is 0.139. The highest BCUT2D eigenvalue weighted by molar-refractivity contribution is 6.00. The lowest BCUT2D eigenvalue weighted by molar-refractivity contribution is 0.660. The van der Waals surface area contributed by atoms with Crippen LogP contribution >= 0.6 is 0 Å². The predicted molar refractivity (Wildman–Crippen MR) is 239 cm³/mol. The van der Waals surface area contributed by atoms with Gasteiger partial charge in [0.2, 0.25) is 0 Å². The predicted octanol–water partition coefficient (Wildman–Crippen LogP) is 14.8. The average molecular weight is 732 g/mol. The standard InChI is InChI=1S/C56H45N/c1-54(2)45-27-13-9-21-38(45)40-34-33-37(35-49(40)54)57(51-32-18-30-48-52(51)44-24-11-15-29-47(44)56(48,5)36-19-7-6-8-20-36)50-31-16-12-23-41(50)43-26-17-25-42-39-22-10-14-28-46(39)55(3,4)53(42)43/h6-35H,1-5H3. The Bertz CT molecular complexity index is 2930. The number of para-hydroxylation sites is 1. The Morgan fingerprint density at radius 2 is 0.825 bits per heavy atom. The molecule has 8 aromatic rings. The second-order valence-electron chi connectivity index (χ2n) is 17.4. The molecule has 0 spiro atoms. The molecule has 0 aliphatic heterocycles. The highest BCUT2D eigenvalue weighted by Gasteiger charge is 2.44. The monoisotopic (exact) mass is 731 g/mol. The molecule has 1 heteroatoms. The van der Waals surface area contributed by atoms with Crippen molar-refractivity contribution in [3.8, 4) is 44.5 Å². The van der Waals surface area contributed by atoms with E-state index in [9.17, 15) is 0 Å². The minimum atomic E-state index is -0.313. The molecule has 0 fully saturated rings. The van der Waals surface area contributed by atoms with Gasteiger partial charge in [0, 0.05) is 33.1 Å². The second-order valence-corrected chi connectivity index (χ2v) is 17.4. The molecule has 3 aliphatic carbocycles. The van der Waals surface area contributed by atoms with Crippen molar-refractivity contribution in [2.45, 2.75) is 50.9 Å². The summed E-state index contributed by atoms with van der Waals surface area (Å²) in [5.41, 5.74) is 22.9. The Labute approximate surface area is 336 Å². The summed E-state index contributed by atoms with van der Waals surface area (Å²) < 4.78 is 0. The van der Waals surface area contributed by atoms with E-state index in [1.807, 2.05) is 0 Å². The van der Waals surface area contributed by atoms with Crippen LogP contribution < -0.4 is 4.90 Å². The smallest absolute Gasteiger partial charge is 0.0543 e. The molecule has 3 aliphatic rings. The Hall–Kier alpha value is -6.44. The van der Waals surface area contributed by atoms with Crippen molar-refractivity contribution in [2.24, 2.45) is 0 Å². The summed E-state index contributed by atoms with van der Waals surface area (Å²) in [6, 6.07) is 68.3. The number of anilines is 3. The third-order valence-corrected chi connectivity index (χ3v) is 13.7. The molecular weight excluding hydrogens is 687 g/mol. The van der Waals surface area contributed by atoms with Crippen molar-refractivity contribution in [3.05, 3.63) is 221 Å². The van der Waals surface area contributed by atoms with Gasteiger partial charge in [-0.25, -0.2) is 0 Å². The zero-order valence-corrected chi connectivity index (χ0v) is 33.3. The van der Waals surface area contributed by atoms with Gasteiger partial charge in [0.1, 0.15) is 0 Å². The van der Waals surface area contributed by atoms with Crippen molar-refractivity contribution in [1.82, 2.24) is 0 Å². The van der Waals surface area contributed by atoms with E-state index in [0.29, 0.717) is 0 Å². The summed E-state index contributed by atoms with van der Waals surface area (Å²) in [5.74, 6) is 0. The van der Waals surface area contributed by atoms with Gasteiger partial charge in [0.15, 0.2) is 0 Å². The molecule has 57 heavy (non-hydrogen) atoms. The molecule has 0 amide bonds. The van der Waals surface area contributed by atoms with E-state index >= 15 is 0 Å². The van der Waals surface area contributed by atoms with Crippen LogP contribution in [0.5, 0.6) is 0 Å². The summed E-state index contributed by atoms with van der Waals surface area (Å²) >= 11 is 0. The first kappa shape index (κ1) is 33.9. The maximum absolute atomic E-state index is 2.58. The maximum atomic E-state index is 2.58. The van der Waals surface area contributed by atoms with Gasteiger partial charge in [-0.1, -0.05) is 185 Å². The highest BCUT2D eigenvalue weighted by atomic mass is 15.1. The summed E-state index contributed by atoms with van der Waals surface area (Å²) in [6.45, 7) is 12.0. The summed E-state index contributed by atoms with van der Waals surface area (Å²) in [7, 11) is 0. The lowest BCUT2D eigenvalue weighted by atomic mass is 9.74. The van der Waals surface area contributed by atoms with E-state index < -0.39 is 0 Å². The first-order valence-electron chi connectivity index (χ1n) is 20.4. The molecule has 0 aromatic heterocycles. The SMILES string of the molecule is CC1(C)c2ccccc2-c2ccc(N(c3ccccc3-c3cccc4c3C(C)(C)c3ccccc3-4)c3cccc4c3-c3ccccc3C4(C)c3ccccc3)cc21. The van der Waals surface area contributed by atoms with Crippen LogP contribution in [0.4, 0.5) is 17.1 Å². The normalized spacial score (nSPS) is 17.2. The molecule has 8 aromatic carbocycles. The van der Waals surface area contributed by atoms with Gasteiger partial charge in [0.25, 0.3) is 0 Å². The largest absolute Gasteiger partial charge is 0.309 e. The molecule has 1 atom stereocenters. The van der Waals surface area contributed by atoms with Crippen LogP contribution in [0.2, 0.25) is 0 Å². The fourth-order valence-corrected chi connectivity index (χ4v) is 11.0. The van der Waals surface area contributed by atoms with E-state index in [0.717, 1.165) is 5.69 Å². The zero-order chi connectivity index (χ0) is 38.7. The number of nitrogens with zero attached hydrogens (tertiary/aromatic N) is 1. The van der Waals surface area contributed by atoms with Crippen LogP contribution in [0.1, 0.15) is 73.6 Å². The first-order valence-corrected chi connectivity index (χ1v) is 20.4. The molecule has 0 radical (unpaired) electrons. The molecule has 0 saturated heterocycles. The highest BCUT2D eigenvalue weighted by Crippen LogP contribution is 2.59. The van der Waals surface area contributed by atoms with Gasteiger partial charge in [-0.15, -0.1) is 0 Å². The Kier molecular flexibility index (Phi) is 7.15.